The summed E-state index contributed by atoms with van der Waals surface area (Å²) in [7, 11) is 0. The van der Waals surface area contributed by atoms with E-state index in [9.17, 15) is 10.2 Å². The van der Waals surface area contributed by atoms with Crippen LogP contribution in [0.1, 0.15) is 19.4 Å². The van der Waals surface area contributed by atoms with Gasteiger partial charge in [0.25, 0.3) is 0 Å². The number of aliphatic hydroxyl groups excluding tert-OH is 2. The maximum Gasteiger partial charge on any atom is 0.134 e. The molecule has 1 aromatic rings. The first-order valence-electron chi connectivity index (χ1n) is 6.30. The summed E-state index contributed by atoms with van der Waals surface area (Å²) in [5.74, 6) is -0.0359. The normalized spacial score (nSPS) is 38.1. The second kappa shape index (κ2) is 3.59. The Morgan fingerprint density at radius 1 is 1.33 bits per heavy atom. The van der Waals surface area contributed by atoms with Crippen LogP contribution in [0.3, 0.4) is 0 Å². The van der Waals surface area contributed by atoms with E-state index < -0.39 is 12.2 Å². The van der Waals surface area contributed by atoms with Gasteiger partial charge in [-0.2, -0.15) is 0 Å². The van der Waals surface area contributed by atoms with Crippen molar-refractivity contribution in [3.8, 4) is 0 Å². The first kappa shape index (κ1) is 11.8. The molecule has 2 aliphatic carbocycles. The van der Waals surface area contributed by atoms with Gasteiger partial charge in [-0.1, -0.05) is 19.9 Å². The van der Waals surface area contributed by atoms with E-state index in [-0.39, 0.29) is 11.3 Å². The predicted molar refractivity (Wildman–Crippen MR) is 69.0 cm³/mol. The summed E-state index contributed by atoms with van der Waals surface area (Å²) in [5.41, 5.74) is 2.72. The molecule has 0 radical (unpaired) electrons. The molecule has 0 fully saturated rings. The van der Waals surface area contributed by atoms with Crippen LogP contribution in [0.2, 0.25) is 0 Å². The fourth-order valence-electron chi connectivity index (χ4n) is 3.00. The second-order valence-corrected chi connectivity index (χ2v) is 5.66. The van der Waals surface area contributed by atoms with Gasteiger partial charge in [-0.3, -0.25) is 0 Å². The Bertz CT molecular complexity index is 637. The molecule has 2 aliphatic rings. The summed E-state index contributed by atoms with van der Waals surface area (Å²) in [6.45, 7) is 6.10. The average molecular weight is 246 g/mol. The molecule has 0 amide bonds. The molecule has 1 aromatic heterocycles. The van der Waals surface area contributed by atoms with Crippen LogP contribution in [-0.4, -0.2) is 22.4 Å². The monoisotopic (exact) mass is 246 g/mol. The first-order chi connectivity index (χ1) is 8.43. The van der Waals surface area contributed by atoms with Gasteiger partial charge in [0.05, 0.1) is 18.5 Å². The highest BCUT2D eigenvalue weighted by atomic mass is 16.3. The molecule has 0 aromatic carbocycles. The number of aliphatic hydroxyl groups is 2. The molecule has 3 rings (SSSR count). The quantitative estimate of drug-likeness (QED) is 0.699. The standard InChI is InChI=1S/C15H18O3/c1-8-7-18-13-5-10-4-12(16)14(17)9(2)15(10,3)6-11(8)13/h4-7,9,12,14,16-17H,1-3H3/t9-,12-,14+,15+/m0/s1. The van der Waals surface area contributed by atoms with E-state index in [1.807, 2.05) is 19.9 Å². The van der Waals surface area contributed by atoms with Crippen molar-refractivity contribution < 1.29 is 14.6 Å². The number of hydrogen-bond donors (Lipinski definition) is 2. The highest BCUT2D eigenvalue weighted by molar-refractivity contribution is 5.63. The molecule has 0 saturated carbocycles. The van der Waals surface area contributed by atoms with Gasteiger partial charge in [0.15, 0.2) is 0 Å². The molecule has 2 N–H and O–H groups in total. The van der Waals surface area contributed by atoms with Crippen molar-refractivity contribution in [1.82, 2.24) is 0 Å². The molecular formula is C15H18O3. The zero-order valence-electron chi connectivity index (χ0n) is 10.8. The number of aryl methyl sites for hydroxylation is 1. The van der Waals surface area contributed by atoms with Crippen LogP contribution in [0.15, 0.2) is 22.3 Å². The summed E-state index contributed by atoms with van der Waals surface area (Å²) in [6.07, 6.45) is 6.10. The predicted octanol–water partition coefficient (Wildman–Crippen LogP) is 0.467. The number of furan rings is 1. The van der Waals surface area contributed by atoms with Crippen LogP contribution in [0.5, 0.6) is 0 Å². The molecule has 3 heteroatoms. The Labute approximate surface area is 106 Å². The molecule has 1 heterocycles. The van der Waals surface area contributed by atoms with E-state index in [1.165, 1.54) is 0 Å². The molecule has 96 valence electrons. The molecule has 0 saturated heterocycles. The lowest BCUT2D eigenvalue weighted by Crippen LogP contribution is -2.47. The molecule has 0 unspecified atom stereocenters. The summed E-state index contributed by atoms with van der Waals surface area (Å²) in [4.78, 5) is 0. The molecule has 0 aliphatic heterocycles. The average Bonchev–Trinajstić information content (AvgIpc) is 2.67. The maximum absolute atomic E-state index is 10.1. The Hall–Kier alpha value is -1.32. The second-order valence-electron chi connectivity index (χ2n) is 5.66. The Morgan fingerprint density at radius 2 is 2.06 bits per heavy atom. The third-order valence-corrected chi connectivity index (χ3v) is 4.56. The number of fused-ring (bicyclic) bond motifs is 2. The highest BCUT2D eigenvalue weighted by Gasteiger charge is 2.43. The third-order valence-electron chi connectivity index (χ3n) is 4.56. The first-order valence-corrected chi connectivity index (χ1v) is 6.30. The Balaban J connectivity index is 2.30. The largest absolute Gasteiger partial charge is 0.464 e. The molecule has 0 spiro atoms. The number of hydrogen-bond acceptors (Lipinski definition) is 3. The van der Waals surface area contributed by atoms with Crippen LogP contribution in [0.4, 0.5) is 0 Å². The van der Waals surface area contributed by atoms with Crippen LogP contribution < -0.4 is 10.6 Å². The molecule has 4 atom stereocenters. The van der Waals surface area contributed by atoms with Crippen molar-refractivity contribution in [1.29, 1.82) is 0 Å². The van der Waals surface area contributed by atoms with Gasteiger partial charge in [0.1, 0.15) is 5.42 Å². The molecule has 3 nitrogen and oxygen atoms in total. The molecule has 0 bridgehead atoms. The lowest BCUT2D eigenvalue weighted by Gasteiger charge is -2.43. The van der Waals surface area contributed by atoms with E-state index in [4.69, 9.17) is 4.42 Å². The zero-order valence-corrected chi connectivity index (χ0v) is 10.8. The summed E-state index contributed by atoms with van der Waals surface area (Å²) in [6, 6.07) is 0. The third kappa shape index (κ3) is 1.38. The topological polar surface area (TPSA) is 53.6 Å². The Morgan fingerprint density at radius 3 is 2.78 bits per heavy atom. The highest BCUT2D eigenvalue weighted by Crippen LogP contribution is 2.45. The fourth-order valence-corrected chi connectivity index (χ4v) is 3.00. The lowest BCUT2D eigenvalue weighted by atomic mass is 9.63. The molecular weight excluding hydrogens is 228 g/mol. The van der Waals surface area contributed by atoms with Crippen LogP contribution in [-0.2, 0) is 0 Å². The number of rotatable bonds is 0. The van der Waals surface area contributed by atoms with Crippen LogP contribution in [0, 0.1) is 18.3 Å². The van der Waals surface area contributed by atoms with Gasteiger partial charge in [-0.25, -0.2) is 0 Å². The summed E-state index contributed by atoms with van der Waals surface area (Å²) >= 11 is 0. The smallest absolute Gasteiger partial charge is 0.134 e. The van der Waals surface area contributed by atoms with Crippen molar-refractivity contribution in [2.24, 2.45) is 11.3 Å². The van der Waals surface area contributed by atoms with Gasteiger partial charge >= 0.3 is 0 Å². The van der Waals surface area contributed by atoms with E-state index in [2.05, 4.69) is 13.0 Å². The summed E-state index contributed by atoms with van der Waals surface area (Å²) in [5, 5.41) is 21.0. The van der Waals surface area contributed by atoms with Crippen LogP contribution in [0.25, 0.3) is 12.2 Å². The fraction of sp³-hybridized carbons (Fsp3) is 0.467. The van der Waals surface area contributed by atoms with Gasteiger partial charge in [0.2, 0.25) is 0 Å². The van der Waals surface area contributed by atoms with E-state index in [0.29, 0.717) is 0 Å². The van der Waals surface area contributed by atoms with Crippen molar-refractivity contribution >= 4 is 12.2 Å². The minimum Gasteiger partial charge on any atom is -0.464 e. The zero-order chi connectivity index (χ0) is 13.1. The van der Waals surface area contributed by atoms with E-state index in [1.54, 1.807) is 12.3 Å². The minimum atomic E-state index is -0.801. The van der Waals surface area contributed by atoms with Gasteiger partial charge in [-0.15, -0.1) is 0 Å². The molecule has 18 heavy (non-hydrogen) atoms. The van der Waals surface area contributed by atoms with Crippen molar-refractivity contribution in [3.63, 3.8) is 0 Å². The van der Waals surface area contributed by atoms with E-state index >= 15 is 0 Å². The van der Waals surface area contributed by atoms with Crippen molar-refractivity contribution in [3.05, 3.63) is 34.1 Å². The van der Waals surface area contributed by atoms with Crippen LogP contribution >= 0.6 is 0 Å². The Kier molecular flexibility index (Phi) is 2.34. The van der Waals surface area contributed by atoms with Gasteiger partial charge in [-0.05, 0) is 36.1 Å². The van der Waals surface area contributed by atoms with E-state index in [0.717, 1.165) is 21.8 Å². The van der Waals surface area contributed by atoms with Gasteiger partial charge in [0, 0.05) is 10.6 Å². The lowest BCUT2D eigenvalue weighted by molar-refractivity contribution is -0.0179. The van der Waals surface area contributed by atoms with Gasteiger partial charge < -0.3 is 14.6 Å². The summed E-state index contributed by atoms with van der Waals surface area (Å²) < 4.78 is 5.51. The number of allylic oxidation sites excluding steroid dienone is 1. The SMILES string of the molecule is Cc1coc2c1=C[C@@]1(C)C(=C[C@H](O)[C@H](O)[C@@H]1C)C=2. The maximum atomic E-state index is 10.1. The van der Waals surface area contributed by atoms with Crippen molar-refractivity contribution in [2.45, 2.75) is 33.0 Å². The van der Waals surface area contributed by atoms with Crippen molar-refractivity contribution in [2.75, 3.05) is 0 Å². The minimum absolute atomic E-state index is 0.0359.